The first kappa shape index (κ1) is 14.6. The van der Waals surface area contributed by atoms with E-state index >= 15 is 0 Å². The summed E-state index contributed by atoms with van der Waals surface area (Å²) in [6, 6.07) is 2.29. The predicted octanol–water partition coefficient (Wildman–Crippen LogP) is 1.80. The molecule has 0 rings (SSSR count). The van der Waals surface area contributed by atoms with E-state index in [1.807, 2.05) is 20.8 Å². The van der Waals surface area contributed by atoms with E-state index in [0.29, 0.717) is 11.5 Å². The first-order chi connectivity index (χ1) is 6.91. The first-order valence-electron chi connectivity index (χ1n) is 5.43. The van der Waals surface area contributed by atoms with Crippen LogP contribution in [0.15, 0.2) is 0 Å². The molecular formula is C11H22N2OS. The summed E-state index contributed by atoms with van der Waals surface area (Å²) in [4.78, 5) is 0. The van der Waals surface area contributed by atoms with Gasteiger partial charge in [-0.15, -0.1) is 0 Å². The zero-order chi connectivity index (χ0) is 11.9. The van der Waals surface area contributed by atoms with Crippen molar-refractivity contribution in [2.24, 2.45) is 11.1 Å². The van der Waals surface area contributed by atoms with Gasteiger partial charge in [-0.1, -0.05) is 6.92 Å². The molecule has 0 saturated carbocycles. The molecule has 0 radical (unpaired) electrons. The molecule has 15 heavy (non-hydrogen) atoms. The largest absolute Gasteiger partial charge is 0.327 e. The van der Waals surface area contributed by atoms with Gasteiger partial charge in [-0.2, -0.15) is 5.26 Å². The van der Waals surface area contributed by atoms with Gasteiger partial charge in [0.2, 0.25) is 0 Å². The Morgan fingerprint density at radius 3 is 2.60 bits per heavy atom. The van der Waals surface area contributed by atoms with Gasteiger partial charge in [0.25, 0.3) is 0 Å². The highest BCUT2D eigenvalue weighted by Gasteiger charge is 2.16. The van der Waals surface area contributed by atoms with E-state index in [9.17, 15) is 4.21 Å². The van der Waals surface area contributed by atoms with Gasteiger partial charge in [-0.05, 0) is 33.1 Å². The van der Waals surface area contributed by atoms with E-state index < -0.39 is 10.8 Å². The second-order valence-corrected chi connectivity index (χ2v) is 6.20. The molecule has 0 aromatic rings. The monoisotopic (exact) mass is 230 g/mol. The lowest BCUT2D eigenvalue weighted by Gasteiger charge is -2.14. The molecule has 0 spiro atoms. The third kappa shape index (κ3) is 7.52. The maximum absolute atomic E-state index is 11.5. The molecule has 0 aliphatic carbocycles. The molecule has 2 N–H and O–H groups in total. The molecule has 0 aliphatic heterocycles. The van der Waals surface area contributed by atoms with Crippen molar-refractivity contribution in [3.63, 3.8) is 0 Å². The van der Waals surface area contributed by atoms with Crippen LogP contribution in [0.5, 0.6) is 0 Å². The summed E-state index contributed by atoms with van der Waals surface area (Å²) in [5.41, 5.74) is 5.42. The quantitative estimate of drug-likeness (QED) is 0.725. The molecule has 2 unspecified atom stereocenters. The normalized spacial score (nSPS) is 15.7. The Labute approximate surface area is 95.5 Å². The van der Waals surface area contributed by atoms with Crippen molar-refractivity contribution in [3.8, 4) is 6.07 Å². The Hall–Kier alpha value is -0.400. The number of nitrogens with zero attached hydrogens (tertiary/aromatic N) is 1. The van der Waals surface area contributed by atoms with E-state index in [2.05, 4.69) is 6.07 Å². The van der Waals surface area contributed by atoms with Crippen LogP contribution in [0.4, 0.5) is 0 Å². The topological polar surface area (TPSA) is 66.9 Å². The van der Waals surface area contributed by atoms with Crippen LogP contribution < -0.4 is 5.73 Å². The fraction of sp³-hybridized carbons (Fsp3) is 0.909. The second-order valence-electron chi connectivity index (χ2n) is 4.58. The van der Waals surface area contributed by atoms with Gasteiger partial charge in [-0.25, -0.2) is 0 Å². The Morgan fingerprint density at radius 2 is 2.13 bits per heavy atom. The molecule has 2 atom stereocenters. The van der Waals surface area contributed by atoms with E-state index in [1.165, 1.54) is 0 Å². The fourth-order valence-corrected chi connectivity index (χ4v) is 2.52. The van der Waals surface area contributed by atoms with Crippen LogP contribution in [0.3, 0.4) is 0 Å². The fourth-order valence-electron chi connectivity index (χ4n) is 1.17. The minimum absolute atomic E-state index is 0.0508. The minimum Gasteiger partial charge on any atom is -0.327 e. The average Bonchev–Trinajstić information content (AvgIpc) is 2.17. The van der Waals surface area contributed by atoms with E-state index in [-0.39, 0.29) is 11.5 Å². The Morgan fingerprint density at radius 1 is 1.53 bits per heavy atom. The van der Waals surface area contributed by atoms with Crippen LogP contribution in [0.2, 0.25) is 0 Å². The molecule has 0 fully saturated rings. The first-order valence-corrected chi connectivity index (χ1v) is 6.92. The third-order valence-corrected chi connectivity index (χ3v) is 3.94. The van der Waals surface area contributed by atoms with Crippen LogP contribution in [-0.2, 0) is 10.8 Å². The van der Waals surface area contributed by atoms with Crippen LogP contribution in [0.1, 0.15) is 40.0 Å². The summed E-state index contributed by atoms with van der Waals surface area (Å²) in [5, 5.41) is 8.80. The molecule has 0 aromatic heterocycles. The van der Waals surface area contributed by atoms with Crippen LogP contribution in [0, 0.1) is 16.7 Å². The van der Waals surface area contributed by atoms with Crippen molar-refractivity contribution in [2.75, 3.05) is 11.5 Å². The van der Waals surface area contributed by atoms with Crippen LogP contribution >= 0.6 is 0 Å². The lowest BCUT2D eigenvalue weighted by Crippen LogP contribution is -2.27. The smallest absolute Gasteiger partial charge is 0.0683 e. The third-order valence-electron chi connectivity index (χ3n) is 2.40. The second kappa shape index (κ2) is 6.97. The van der Waals surface area contributed by atoms with Gasteiger partial charge >= 0.3 is 0 Å². The van der Waals surface area contributed by atoms with Crippen molar-refractivity contribution >= 4 is 10.8 Å². The number of nitriles is 1. The molecule has 0 aromatic carbocycles. The molecule has 0 heterocycles. The minimum atomic E-state index is -0.821. The number of hydrogen-bond donors (Lipinski definition) is 1. The van der Waals surface area contributed by atoms with Gasteiger partial charge in [0.15, 0.2) is 0 Å². The zero-order valence-electron chi connectivity index (χ0n) is 9.95. The SMILES string of the molecule is CCC(N)CS(=O)CCCC(C)(C)C#N. The molecule has 0 aliphatic rings. The summed E-state index contributed by atoms with van der Waals surface area (Å²) < 4.78 is 11.5. The highest BCUT2D eigenvalue weighted by Crippen LogP contribution is 2.20. The van der Waals surface area contributed by atoms with Gasteiger partial charge in [-0.3, -0.25) is 4.21 Å². The summed E-state index contributed by atoms with van der Waals surface area (Å²) >= 11 is 0. The van der Waals surface area contributed by atoms with Gasteiger partial charge in [0, 0.05) is 28.3 Å². The van der Waals surface area contributed by atoms with E-state index in [4.69, 9.17) is 11.0 Å². The molecule has 0 bridgehead atoms. The average molecular weight is 230 g/mol. The lowest BCUT2D eigenvalue weighted by molar-refractivity contribution is 0.446. The summed E-state index contributed by atoms with van der Waals surface area (Å²) in [5.74, 6) is 1.25. The van der Waals surface area contributed by atoms with Gasteiger partial charge in [0.05, 0.1) is 11.5 Å². The maximum Gasteiger partial charge on any atom is 0.0683 e. The van der Waals surface area contributed by atoms with Crippen molar-refractivity contribution in [1.82, 2.24) is 0 Å². The molecule has 3 nitrogen and oxygen atoms in total. The molecule has 88 valence electrons. The summed E-state index contributed by atoms with van der Waals surface area (Å²) in [6.07, 6.45) is 2.51. The Bertz CT molecular complexity index is 245. The number of nitrogens with two attached hydrogens (primary N) is 1. The molecule has 4 heteroatoms. The van der Waals surface area contributed by atoms with E-state index in [0.717, 1.165) is 19.3 Å². The van der Waals surface area contributed by atoms with Crippen molar-refractivity contribution in [1.29, 1.82) is 5.26 Å². The summed E-state index contributed by atoms with van der Waals surface area (Å²) in [6.45, 7) is 5.82. The highest BCUT2D eigenvalue weighted by molar-refractivity contribution is 7.85. The van der Waals surface area contributed by atoms with Crippen molar-refractivity contribution in [3.05, 3.63) is 0 Å². The standard InChI is InChI=1S/C11H22N2OS/c1-4-10(13)8-15(14)7-5-6-11(2,3)9-12/h10H,4-8,13H2,1-3H3. The Kier molecular flexibility index (Phi) is 6.78. The van der Waals surface area contributed by atoms with Crippen molar-refractivity contribution in [2.45, 2.75) is 46.1 Å². The van der Waals surface area contributed by atoms with Gasteiger partial charge in [0.1, 0.15) is 0 Å². The lowest BCUT2D eigenvalue weighted by atomic mass is 9.90. The molecule has 0 amide bonds. The number of rotatable bonds is 7. The van der Waals surface area contributed by atoms with E-state index in [1.54, 1.807) is 0 Å². The Balaban J connectivity index is 3.70. The summed E-state index contributed by atoms with van der Waals surface area (Å²) in [7, 11) is -0.821. The molecular weight excluding hydrogens is 208 g/mol. The van der Waals surface area contributed by atoms with Crippen LogP contribution in [-0.4, -0.2) is 21.8 Å². The van der Waals surface area contributed by atoms with Crippen molar-refractivity contribution < 1.29 is 4.21 Å². The van der Waals surface area contributed by atoms with Gasteiger partial charge < -0.3 is 5.73 Å². The maximum atomic E-state index is 11.5. The molecule has 0 saturated heterocycles. The highest BCUT2D eigenvalue weighted by atomic mass is 32.2. The predicted molar refractivity (Wildman–Crippen MR) is 64.8 cm³/mol. The zero-order valence-corrected chi connectivity index (χ0v) is 10.8. The number of hydrogen-bond acceptors (Lipinski definition) is 3. The van der Waals surface area contributed by atoms with Crippen LogP contribution in [0.25, 0.3) is 0 Å².